The van der Waals surface area contributed by atoms with Crippen molar-refractivity contribution in [1.82, 2.24) is 4.90 Å². The van der Waals surface area contributed by atoms with E-state index in [0.717, 1.165) is 51.3 Å². The van der Waals surface area contributed by atoms with Crippen LogP contribution < -0.4 is 0 Å². The number of amides is 1. The predicted molar refractivity (Wildman–Crippen MR) is 98.9 cm³/mol. The van der Waals surface area contributed by atoms with Crippen molar-refractivity contribution in [3.63, 3.8) is 0 Å². The second kappa shape index (κ2) is 6.65. The van der Waals surface area contributed by atoms with Gasteiger partial charge in [-0.15, -0.1) is 0 Å². The molecule has 0 unspecified atom stereocenters. The van der Waals surface area contributed by atoms with Crippen molar-refractivity contribution in [3.05, 3.63) is 35.4 Å². The number of nitrogens with zero attached hydrogens (tertiary/aromatic N) is 1. The van der Waals surface area contributed by atoms with E-state index in [-0.39, 0.29) is 11.7 Å². The molecule has 1 aromatic rings. The lowest BCUT2D eigenvalue weighted by Crippen LogP contribution is -2.36. The van der Waals surface area contributed by atoms with Crippen molar-refractivity contribution in [2.45, 2.75) is 56.7 Å². The van der Waals surface area contributed by atoms with Gasteiger partial charge in [-0.3, -0.25) is 4.79 Å². The van der Waals surface area contributed by atoms with E-state index in [4.69, 9.17) is 9.47 Å². The molecular weight excluding hydrogens is 326 g/mol. The van der Waals surface area contributed by atoms with Gasteiger partial charge >= 0.3 is 0 Å². The third-order valence-corrected chi connectivity index (χ3v) is 6.71. The number of rotatable bonds is 5. The van der Waals surface area contributed by atoms with Gasteiger partial charge in [0.2, 0.25) is 5.91 Å². The quantitative estimate of drug-likeness (QED) is 0.815. The molecule has 2 heterocycles. The van der Waals surface area contributed by atoms with E-state index in [0.29, 0.717) is 24.9 Å². The Balaban J connectivity index is 1.12. The second-order valence-corrected chi connectivity index (χ2v) is 8.91. The first-order chi connectivity index (χ1) is 12.7. The molecule has 0 N–H and O–H groups in total. The highest BCUT2D eigenvalue weighted by Gasteiger charge is 2.47. The first kappa shape index (κ1) is 16.8. The molecule has 5 rings (SSSR count). The molecule has 140 valence electrons. The average Bonchev–Trinajstić information content (AvgIpc) is 3.06. The van der Waals surface area contributed by atoms with E-state index in [9.17, 15) is 4.79 Å². The zero-order valence-corrected chi connectivity index (χ0v) is 15.5. The minimum Gasteiger partial charge on any atom is -0.375 e. The first-order valence-electron chi connectivity index (χ1n) is 10.3. The molecule has 1 amide bonds. The van der Waals surface area contributed by atoms with E-state index >= 15 is 0 Å². The van der Waals surface area contributed by atoms with Crippen LogP contribution in [-0.4, -0.2) is 48.8 Å². The predicted octanol–water partition coefficient (Wildman–Crippen LogP) is 2.98. The van der Waals surface area contributed by atoms with Crippen LogP contribution in [0.2, 0.25) is 0 Å². The van der Waals surface area contributed by atoms with Crippen LogP contribution in [-0.2, 0) is 27.1 Å². The van der Waals surface area contributed by atoms with E-state index in [1.54, 1.807) is 0 Å². The topological polar surface area (TPSA) is 38.8 Å². The van der Waals surface area contributed by atoms with Crippen LogP contribution in [0, 0.1) is 11.8 Å². The van der Waals surface area contributed by atoms with Crippen molar-refractivity contribution in [1.29, 1.82) is 0 Å². The Morgan fingerprint density at radius 2 is 1.96 bits per heavy atom. The maximum Gasteiger partial charge on any atom is 0.222 e. The molecule has 2 saturated heterocycles. The summed E-state index contributed by atoms with van der Waals surface area (Å²) in [5.41, 5.74) is 2.72. The van der Waals surface area contributed by atoms with Gasteiger partial charge in [0.15, 0.2) is 0 Å². The van der Waals surface area contributed by atoms with Gasteiger partial charge in [0, 0.05) is 32.5 Å². The maximum absolute atomic E-state index is 12.8. The normalized spacial score (nSPS) is 31.1. The number of benzene rings is 1. The van der Waals surface area contributed by atoms with Gasteiger partial charge in [-0.05, 0) is 55.1 Å². The fraction of sp³-hybridized carbons (Fsp3) is 0.682. The average molecular weight is 355 g/mol. The van der Waals surface area contributed by atoms with E-state index in [1.165, 1.54) is 24.0 Å². The second-order valence-electron chi connectivity index (χ2n) is 8.91. The molecule has 1 aromatic carbocycles. The monoisotopic (exact) mass is 355 g/mol. The van der Waals surface area contributed by atoms with Crippen LogP contribution in [0.15, 0.2) is 24.3 Å². The van der Waals surface area contributed by atoms with Crippen LogP contribution in [0.25, 0.3) is 0 Å². The summed E-state index contributed by atoms with van der Waals surface area (Å²) in [6, 6.07) is 8.62. The van der Waals surface area contributed by atoms with Crippen molar-refractivity contribution in [3.8, 4) is 0 Å². The van der Waals surface area contributed by atoms with Crippen LogP contribution >= 0.6 is 0 Å². The number of carbonyl (C=O) groups is 1. The molecule has 4 nitrogen and oxygen atoms in total. The zero-order valence-electron chi connectivity index (χ0n) is 15.5. The van der Waals surface area contributed by atoms with Crippen molar-refractivity contribution in [2.24, 2.45) is 11.8 Å². The molecule has 0 bridgehead atoms. The summed E-state index contributed by atoms with van der Waals surface area (Å²) in [6.07, 6.45) is 7.58. The van der Waals surface area contributed by atoms with Gasteiger partial charge in [-0.1, -0.05) is 24.3 Å². The summed E-state index contributed by atoms with van der Waals surface area (Å²) in [4.78, 5) is 14.9. The summed E-state index contributed by atoms with van der Waals surface area (Å²) in [7, 11) is 0. The molecule has 0 radical (unpaired) electrons. The first-order valence-corrected chi connectivity index (χ1v) is 10.3. The summed E-state index contributed by atoms with van der Waals surface area (Å²) >= 11 is 0. The fourth-order valence-electron chi connectivity index (χ4n) is 4.98. The Morgan fingerprint density at radius 1 is 1.19 bits per heavy atom. The number of hydrogen-bond donors (Lipinski definition) is 0. The van der Waals surface area contributed by atoms with Crippen LogP contribution in [0.4, 0.5) is 0 Å². The molecule has 1 spiro atoms. The molecule has 3 fully saturated rings. The summed E-state index contributed by atoms with van der Waals surface area (Å²) < 4.78 is 12.2. The Kier molecular flexibility index (Phi) is 4.29. The minimum absolute atomic E-state index is 0.136. The summed E-state index contributed by atoms with van der Waals surface area (Å²) in [5.74, 6) is 1.57. The maximum atomic E-state index is 12.8. The highest BCUT2D eigenvalue weighted by Crippen LogP contribution is 2.38. The van der Waals surface area contributed by atoms with Crippen LogP contribution in [0.3, 0.4) is 0 Å². The van der Waals surface area contributed by atoms with E-state index < -0.39 is 0 Å². The van der Waals surface area contributed by atoms with Crippen molar-refractivity contribution < 1.29 is 14.3 Å². The fourth-order valence-corrected chi connectivity index (χ4v) is 4.98. The van der Waals surface area contributed by atoms with Crippen molar-refractivity contribution in [2.75, 3.05) is 26.3 Å². The van der Waals surface area contributed by atoms with Crippen LogP contribution in [0.5, 0.6) is 0 Å². The Labute approximate surface area is 155 Å². The minimum atomic E-state index is -0.136. The van der Waals surface area contributed by atoms with Crippen molar-refractivity contribution >= 4 is 5.91 Å². The lowest BCUT2D eigenvalue weighted by molar-refractivity contribution is -0.132. The largest absolute Gasteiger partial charge is 0.375 e. The molecular formula is C22H29NO3. The number of ether oxygens (including phenoxy) is 2. The smallest absolute Gasteiger partial charge is 0.222 e. The Bertz CT molecular complexity index is 661. The highest BCUT2D eigenvalue weighted by molar-refractivity contribution is 5.77. The molecule has 26 heavy (non-hydrogen) atoms. The molecule has 4 heteroatoms. The SMILES string of the molecule is O=C(CC1Cc2ccccc2C1)N1CC[C@]2(C[C@@H](OCC3CC3)CO2)C1. The molecule has 2 aliphatic carbocycles. The number of carbonyl (C=O) groups excluding carboxylic acids is 1. The van der Waals surface area contributed by atoms with Gasteiger partial charge in [0.05, 0.1) is 18.3 Å². The standard InChI is InChI=1S/C22H29NO3/c24-21(11-17-9-18-3-1-2-4-19(18)10-17)23-8-7-22(15-23)12-20(14-26-22)25-13-16-5-6-16/h1-4,16-17,20H,5-15H2/t20-,22+/m1/s1. The van der Waals surface area contributed by atoms with Gasteiger partial charge in [0.1, 0.15) is 0 Å². The van der Waals surface area contributed by atoms with E-state index in [2.05, 4.69) is 24.3 Å². The third-order valence-electron chi connectivity index (χ3n) is 6.71. The summed E-state index contributed by atoms with van der Waals surface area (Å²) in [6.45, 7) is 3.20. The molecule has 2 atom stereocenters. The molecule has 2 aliphatic heterocycles. The summed E-state index contributed by atoms with van der Waals surface area (Å²) in [5, 5.41) is 0. The Morgan fingerprint density at radius 3 is 2.69 bits per heavy atom. The Hall–Kier alpha value is -1.39. The number of fused-ring (bicyclic) bond motifs is 1. The number of hydrogen-bond acceptors (Lipinski definition) is 3. The zero-order chi connectivity index (χ0) is 17.6. The van der Waals surface area contributed by atoms with Gasteiger partial charge in [-0.2, -0.15) is 0 Å². The molecule has 4 aliphatic rings. The van der Waals surface area contributed by atoms with Crippen LogP contribution in [0.1, 0.15) is 43.2 Å². The van der Waals surface area contributed by atoms with E-state index in [1.807, 2.05) is 4.90 Å². The molecule has 1 saturated carbocycles. The lowest BCUT2D eigenvalue weighted by Gasteiger charge is -2.24. The lowest BCUT2D eigenvalue weighted by atomic mass is 9.98. The molecule has 0 aromatic heterocycles. The third kappa shape index (κ3) is 3.41. The highest BCUT2D eigenvalue weighted by atomic mass is 16.6. The number of likely N-dealkylation sites (tertiary alicyclic amines) is 1. The van der Waals surface area contributed by atoms with Gasteiger partial charge in [0.25, 0.3) is 0 Å². The van der Waals surface area contributed by atoms with Gasteiger partial charge in [-0.25, -0.2) is 0 Å². The van der Waals surface area contributed by atoms with Gasteiger partial charge < -0.3 is 14.4 Å².